The molecule has 0 atom stereocenters. The molecule has 0 aromatic heterocycles. The van der Waals surface area contributed by atoms with Crippen molar-refractivity contribution in [2.24, 2.45) is 0 Å². The fourth-order valence-electron chi connectivity index (χ4n) is 2.64. The fourth-order valence-corrected chi connectivity index (χ4v) is 3.00. The Kier molecular flexibility index (Phi) is 7.12. The number of aliphatic carboxylic acids is 1. The number of hydrogen-bond donors (Lipinski definition) is 1. The van der Waals surface area contributed by atoms with Gasteiger partial charge in [0.1, 0.15) is 0 Å². The summed E-state index contributed by atoms with van der Waals surface area (Å²) in [5, 5.41) is 12.3. The van der Waals surface area contributed by atoms with E-state index in [4.69, 9.17) is 28.3 Å². The van der Waals surface area contributed by atoms with E-state index in [2.05, 4.69) is 12.1 Å². The van der Waals surface area contributed by atoms with E-state index < -0.39 is 5.97 Å². The van der Waals surface area contributed by atoms with Gasteiger partial charge in [-0.1, -0.05) is 53.5 Å². The van der Waals surface area contributed by atoms with Crippen LogP contribution in [0.3, 0.4) is 0 Å². The molecule has 0 amide bonds. The van der Waals surface area contributed by atoms with Gasteiger partial charge in [0.25, 0.3) is 0 Å². The summed E-state index contributed by atoms with van der Waals surface area (Å²) in [6, 6.07) is 17.5. The molecule has 0 bridgehead atoms. The summed E-state index contributed by atoms with van der Waals surface area (Å²) in [5.74, 6) is -0.983. The quantitative estimate of drug-likeness (QED) is 0.558. The molecule has 3 rings (SSSR count). The Balaban J connectivity index is 0.00000169. The van der Waals surface area contributed by atoms with Gasteiger partial charge in [-0.15, -0.1) is 0 Å². The maximum absolute atomic E-state index is 10.8. The molecule has 0 radical (unpaired) electrons. The largest absolute Gasteiger partial charge is 1.00 e. The average molecular weight is 381 g/mol. The van der Waals surface area contributed by atoms with Crippen LogP contribution in [0.15, 0.2) is 60.7 Å². The first-order valence-corrected chi connectivity index (χ1v) is 8.14. The summed E-state index contributed by atoms with van der Waals surface area (Å²) in [7, 11) is 0. The van der Waals surface area contributed by atoms with E-state index in [1.807, 2.05) is 36.4 Å². The fraction of sp³-hybridized carbons (Fsp3) is 0.0500. The Morgan fingerprint density at radius 1 is 0.960 bits per heavy atom. The predicted molar refractivity (Wildman–Crippen MR) is 101 cm³/mol. The van der Waals surface area contributed by atoms with Gasteiger partial charge < -0.3 is 6.53 Å². The summed E-state index contributed by atoms with van der Waals surface area (Å²) < 4.78 is 0. The Morgan fingerprint density at radius 2 is 1.60 bits per heavy atom. The molecule has 3 aromatic carbocycles. The van der Waals surface area contributed by atoms with Gasteiger partial charge in [-0.3, -0.25) is 0 Å². The molecular formula is C20H15Cl2NaO2. The van der Waals surface area contributed by atoms with Gasteiger partial charge in [0.2, 0.25) is 0 Å². The van der Waals surface area contributed by atoms with Crippen LogP contribution in [-0.2, 0) is 11.2 Å². The van der Waals surface area contributed by atoms with Crippen molar-refractivity contribution in [3.8, 4) is 0 Å². The van der Waals surface area contributed by atoms with Gasteiger partial charge in [0, 0.05) is 16.1 Å². The van der Waals surface area contributed by atoms with Crippen LogP contribution in [0.5, 0.6) is 0 Å². The molecule has 1 N–H and O–H groups in total. The predicted octanol–water partition coefficient (Wildman–Crippen LogP) is 2.95. The van der Waals surface area contributed by atoms with Gasteiger partial charge in [0.05, 0.1) is 0 Å². The van der Waals surface area contributed by atoms with Crippen LogP contribution in [0.2, 0.25) is 10.0 Å². The molecule has 0 spiro atoms. The summed E-state index contributed by atoms with van der Waals surface area (Å²) >= 11 is 12.1. The van der Waals surface area contributed by atoms with Crippen LogP contribution < -0.4 is 29.6 Å². The molecule has 0 saturated carbocycles. The number of carbonyl (C=O) groups is 1. The maximum Gasteiger partial charge on any atom is 1.00 e. The Labute approximate surface area is 179 Å². The minimum atomic E-state index is -0.983. The summed E-state index contributed by atoms with van der Waals surface area (Å²) in [5.41, 5.74) is 2.96. The third kappa shape index (κ3) is 5.34. The summed E-state index contributed by atoms with van der Waals surface area (Å²) in [4.78, 5) is 10.8. The topological polar surface area (TPSA) is 37.3 Å². The summed E-state index contributed by atoms with van der Waals surface area (Å²) in [6.07, 6.45) is 3.39. The van der Waals surface area contributed by atoms with E-state index in [0.717, 1.165) is 33.5 Å². The number of halogens is 2. The van der Waals surface area contributed by atoms with Crippen molar-refractivity contribution in [1.82, 2.24) is 0 Å². The molecule has 0 fully saturated rings. The molecular weight excluding hydrogens is 366 g/mol. The minimum Gasteiger partial charge on any atom is -1.00 e. The molecule has 122 valence electrons. The summed E-state index contributed by atoms with van der Waals surface area (Å²) in [6.45, 7) is 0. The van der Waals surface area contributed by atoms with E-state index >= 15 is 0 Å². The number of hydrogen-bond acceptors (Lipinski definition) is 1. The Bertz CT molecular complexity index is 958. The van der Waals surface area contributed by atoms with E-state index in [1.165, 1.54) is 0 Å². The second kappa shape index (κ2) is 8.88. The number of carboxylic acid groups (broad SMARTS) is 1. The van der Waals surface area contributed by atoms with E-state index in [1.54, 1.807) is 12.1 Å². The second-order valence-corrected chi connectivity index (χ2v) is 6.39. The normalized spacial score (nSPS) is 10.8. The van der Waals surface area contributed by atoms with Crippen molar-refractivity contribution in [2.45, 2.75) is 6.42 Å². The first-order valence-electron chi connectivity index (χ1n) is 7.39. The minimum absolute atomic E-state index is 0. The van der Waals surface area contributed by atoms with Gasteiger partial charge in [0.15, 0.2) is 0 Å². The van der Waals surface area contributed by atoms with Crippen LogP contribution >= 0.6 is 23.2 Å². The molecule has 0 aliphatic carbocycles. The van der Waals surface area contributed by atoms with Crippen molar-refractivity contribution in [3.63, 3.8) is 0 Å². The third-order valence-corrected chi connectivity index (χ3v) is 4.24. The van der Waals surface area contributed by atoms with Crippen molar-refractivity contribution < 1.29 is 40.9 Å². The van der Waals surface area contributed by atoms with Crippen LogP contribution in [0, 0.1) is 0 Å². The van der Waals surface area contributed by atoms with E-state index in [9.17, 15) is 4.79 Å². The molecule has 0 aliphatic rings. The smallest absolute Gasteiger partial charge is 1.00 e. The Morgan fingerprint density at radius 3 is 2.36 bits per heavy atom. The number of benzene rings is 3. The SMILES string of the molecule is O=C(O)C=Cc1cc(Cl)ccc1Cc1ccc2cc(Cl)ccc2c1.[H-].[Na+]. The number of fused-ring (bicyclic) bond motifs is 1. The first-order chi connectivity index (χ1) is 11.5. The van der Waals surface area contributed by atoms with E-state index in [-0.39, 0.29) is 31.0 Å². The number of rotatable bonds is 4. The first kappa shape index (κ1) is 20.0. The molecule has 25 heavy (non-hydrogen) atoms. The molecule has 2 nitrogen and oxygen atoms in total. The van der Waals surface area contributed by atoms with Crippen LogP contribution in [0.1, 0.15) is 18.1 Å². The maximum atomic E-state index is 10.8. The van der Waals surface area contributed by atoms with Gasteiger partial charge in [-0.25, -0.2) is 4.79 Å². The van der Waals surface area contributed by atoms with Crippen molar-refractivity contribution in [3.05, 3.63) is 87.4 Å². The van der Waals surface area contributed by atoms with Crippen LogP contribution in [-0.4, -0.2) is 11.1 Å². The molecule has 5 heteroatoms. The zero-order chi connectivity index (χ0) is 17.1. The van der Waals surface area contributed by atoms with Gasteiger partial charge >= 0.3 is 35.5 Å². The van der Waals surface area contributed by atoms with Crippen LogP contribution in [0.4, 0.5) is 0 Å². The van der Waals surface area contributed by atoms with Crippen molar-refractivity contribution in [2.75, 3.05) is 0 Å². The van der Waals surface area contributed by atoms with Crippen molar-refractivity contribution >= 4 is 46.0 Å². The Hall–Kier alpha value is -1.29. The molecule has 0 unspecified atom stereocenters. The zero-order valence-corrected chi connectivity index (χ0v) is 17.2. The molecule has 0 saturated heterocycles. The van der Waals surface area contributed by atoms with E-state index in [0.29, 0.717) is 16.5 Å². The molecule has 0 heterocycles. The third-order valence-electron chi connectivity index (χ3n) is 3.77. The monoisotopic (exact) mass is 380 g/mol. The average Bonchev–Trinajstić information content (AvgIpc) is 2.55. The zero-order valence-electron chi connectivity index (χ0n) is 14.7. The van der Waals surface area contributed by atoms with Crippen molar-refractivity contribution in [1.29, 1.82) is 0 Å². The van der Waals surface area contributed by atoms with Gasteiger partial charge in [-0.2, -0.15) is 0 Å². The van der Waals surface area contributed by atoms with Crippen LogP contribution in [0.25, 0.3) is 16.8 Å². The molecule has 0 aliphatic heterocycles. The standard InChI is InChI=1S/C20H14Cl2O2.Na.H/c21-18-6-3-14-9-13(1-2-16(14)11-18)10-15-4-7-19(22)12-17(15)5-8-20(23)24;;/h1-9,11-12H,10H2,(H,23,24);;/q;+1;-1. The molecule has 3 aromatic rings. The number of carboxylic acids is 1. The second-order valence-electron chi connectivity index (χ2n) is 5.52. The van der Waals surface area contributed by atoms with Gasteiger partial charge in [-0.05, 0) is 64.2 Å².